The molecule has 3 aliphatic rings. The van der Waals surface area contributed by atoms with Crippen LogP contribution in [0.4, 0.5) is 34.1 Å². The van der Waals surface area contributed by atoms with E-state index in [4.69, 9.17) is 0 Å². The second-order valence-corrected chi connectivity index (χ2v) is 21.3. The first-order chi connectivity index (χ1) is 37.7. The van der Waals surface area contributed by atoms with Gasteiger partial charge in [0.2, 0.25) is 0 Å². The SMILES string of the molecule is c1ccc(-c2ccccc2N(c2ccc3c(c2)-c2ccccc2N(c2ccccc2)c2ccccc2-3)c2ccc3c(c2)-c2ccccc2-c2ccccc2C32c3ccccc3-c3c2ccc2sc4ccccc4c32)cc1. The third kappa shape index (κ3) is 6.09. The lowest BCUT2D eigenvalue weighted by Gasteiger charge is -2.36. The fourth-order valence-corrected chi connectivity index (χ4v) is 14.5. The van der Waals surface area contributed by atoms with Crippen LogP contribution in [0.25, 0.3) is 86.9 Å². The molecule has 0 saturated heterocycles. The molecular formula is C73H46N2S. The summed E-state index contributed by atoms with van der Waals surface area (Å²) in [6, 6.07) is 104. The van der Waals surface area contributed by atoms with Gasteiger partial charge in [0, 0.05) is 53.9 Å². The molecular weight excluding hydrogens is 937 g/mol. The van der Waals surface area contributed by atoms with E-state index in [1.807, 2.05) is 11.3 Å². The molecule has 1 unspecified atom stereocenters. The average Bonchev–Trinajstić information content (AvgIpc) is 4.15. The highest BCUT2D eigenvalue weighted by Crippen LogP contribution is 2.64. The largest absolute Gasteiger partial charge is 0.310 e. The second-order valence-electron chi connectivity index (χ2n) is 20.2. The summed E-state index contributed by atoms with van der Waals surface area (Å²) in [5, 5.41) is 2.67. The first-order valence-electron chi connectivity index (χ1n) is 26.2. The summed E-state index contributed by atoms with van der Waals surface area (Å²) in [6.45, 7) is 0. The zero-order valence-electron chi connectivity index (χ0n) is 41.4. The predicted octanol–water partition coefficient (Wildman–Crippen LogP) is 20.3. The summed E-state index contributed by atoms with van der Waals surface area (Å²) in [4.78, 5) is 4.94. The molecule has 0 N–H and O–H groups in total. The monoisotopic (exact) mass is 982 g/mol. The Labute approximate surface area is 446 Å². The Morgan fingerprint density at radius 2 is 0.816 bits per heavy atom. The molecule has 12 aromatic carbocycles. The van der Waals surface area contributed by atoms with Gasteiger partial charge in [-0.15, -0.1) is 11.3 Å². The van der Waals surface area contributed by atoms with Crippen molar-refractivity contribution < 1.29 is 0 Å². The van der Waals surface area contributed by atoms with Gasteiger partial charge in [-0.2, -0.15) is 0 Å². The van der Waals surface area contributed by atoms with Crippen molar-refractivity contribution in [3.63, 3.8) is 0 Å². The molecule has 3 heteroatoms. The van der Waals surface area contributed by atoms with Gasteiger partial charge in [0.05, 0.1) is 22.5 Å². The lowest BCUT2D eigenvalue weighted by molar-refractivity contribution is 0.776. The second kappa shape index (κ2) is 16.7. The molecule has 1 atom stereocenters. The van der Waals surface area contributed by atoms with Crippen LogP contribution in [0.15, 0.2) is 279 Å². The maximum absolute atomic E-state index is 2.52. The van der Waals surface area contributed by atoms with E-state index in [1.165, 1.54) is 98.1 Å². The van der Waals surface area contributed by atoms with Gasteiger partial charge < -0.3 is 9.80 Å². The lowest BCUT2D eigenvalue weighted by atomic mass is 9.66. The third-order valence-electron chi connectivity index (χ3n) is 16.4. The van der Waals surface area contributed by atoms with Gasteiger partial charge >= 0.3 is 0 Å². The van der Waals surface area contributed by atoms with Crippen molar-refractivity contribution >= 4 is 65.6 Å². The van der Waals surface area contributed by atoms with Crippen LogP contribution in [0, 0.1) is 0 Å². The Hall–Kier alpha value is -9.54. The van der Waals surface area contributed by atoms with Crippen LogP contribution < -0.4 is 9.80 Å². The molecule has 0 amide bonds. The highest BCUT2D eigenvalue weighted by atomic mass is 32.1. The smallest absolute Gasteiger partial charge is 0.0725 e. The molecule has 0 radical (unpaired) electrons. The van der Waals surface area contributed by atoms with E-state index in [-0.39, 0.29) is 0 Å². The molecule has 13 aromatic rings. The predicted molar refractivity (Wildman–Crippen MR) is 320 cm³/mol. The lowest BCUT2D eigenvalue weighted by Crippen LogP contribution is -2.29. The third-order valence-corrected chi connectivity index (χ3v) is 17.6. The number of hydrogen-bond donors (Lipinski definition) is 0. The molecule has 1 spiro atoms. The van der Waals surface area contributed by atoms with E-state index in [2.05, 4.69) is 289 Å². The maximum Gasteiger partial charge on any atom is 0.0725 e. The minimum absolute atomic E-state index is 0.634. The number of thiophene rings is 1. The van der Waals surface area contributed by atoms with Gasteiger partial charge in [-0.05, 0) is 139 Å². The van der Waals surface area contributed by atoms with Crippen LogP contribution in [0.1, 0.15) is 22.3 Å². The zero-order valence-corrected chi connectivity index (χ0v) is 42.2. The normalized spacial score (nSPS) is 14.3. The van der Waals surface area contributed by atoms with Gasteiger partial charge in [0.25, 0.3) is 0 Å². The van der Waals surface area contributed by atoms with Crippen LogP contribution in [-0.4, -0.2) is 0 Å². The molecule has 76 heavy (non-hydrogen) atoms. The number of nitrogens with zero attached hydrogens (tertiary/aromatic N) is 2. The number of para-hydroxylation sites is 4. The van der Waals surface area contributed by atoms with E-state index in [9.17, 15) is 0 Å². The maximum atomic E-state index is 2.52. The number of fused-ring (bicyclic) bond motifs is 21. The Balaban J connectivity index is 0.992. The summed E-state index contributed by atoms with van der Waals surface area (Å²) < 4.78 is 2.64. The summed E-state index contributed by atoms with van der Waals surface area (Å²) in [7, 11) is 0. The van der Waals surface area contributed by atoms with E-state index < -0.39 is 5.41 Å². The Bertz CT molecular complexity index is 4490. The molecule has 0 saturated carbocycles. The highest BCUT2D eigenvalue weighted by Gasteiger charge is 2.50. The Morgan fingerprint density at radius 3 is 1.57 bits per heavy atom. The summed E-state index contributed by atoms with van der Waals surface area (Å²) in [5.41, 5.74) is 25.9. The fourth-order valence-electron chi connectivity index (χ4n) is 13.4. The zero-order chi connectivity index (χ0) is 49.9. The van der Waals surface area contributed by atoms with Crippen LogP contribution in [0.2, 0.25) is 0 Å². The van der Waals surface area contributed by atoms with Crippen molar-refractivity contribution in [2.24, 2.45) is 0 Å². The van der Waals surface area contributed by atoms with Gasteiger partial charge in [0.1, 0.15) is 0 Å². The number of rotatable bonds is 5. The van der Waals surface area contributed by atoms with Gasteiger partial charge in [-0.1, -0.05) is 212 Å². The highest BCUT2D eigenvalue weighted by molar-refractivity contribution is 7.26. The van der Waals surface area contributed by atoms with Crippen LogP contribution in [-0.2, 0) is 5.41 Å². The minimum atomic E-state index is -0.634. The molecule has 16 rings (SSSR count). The van der Waals surface area contributed by atoms with Crippen LogP contribution in [0.3, 0.4) is 0 Å². The van der Waals surface area contributed by atoms with Crippen LogP contribution >= 0.6 is 11.3 Å². The molecule has 1 aliphatic heterocycles. The van der Waals surface area contributed by atoms with E-state index in [1.54, 1.807) is 0 Å². The van der Waals surface area contributed by atoms with Crippen molar-refractivity contribution in [2.45, 2.75) is 5.41 Å². The van der Waals surface area contributed by atoms with Crippen molar-refractivity contribution in [1.29, 1.82) is 0 Å². The number of hydrogen-bond acceptors (Lipinski definition) is 3. The summed E-state index contributed by atoms with van der Waals surface area (Å²) >= 11 is 1.90. The molecule has 2 nitrogen and oxygen atoms in total. The Morgan fingerprint density at radius 1 is 0.316 bits per heavy atom. The van der Waals surface area contributed by atoms with E-state index in [0.717, 1.165) is 45.3 Å². The van der Waals surface area contributed by atoms with Gasteiger partial charge in [0.15, 0.2) is 0 Å². The van der Waals surface area contributed by atoms with Crippen molar-refractivity contribution in [1.82, 2.24) is 0 Å². The quantitative estimate of drug-likeness (QED) is 0.170. The van der Waals surface area contributed by atoms with Gasteiger partial charge in [-0.3, -0.25) is 0 Å². The Kier molecular flexibility index (Phi) is 9.45. The average molecular weight is 983 g/mol. The summed E-state index contributed by atoms with van der Waals surface area (Å²) in [5.74, 6) is 0. The molecule has 0 bridgehead atoms. The first-order valence-corrected chi connectivity index (χ1v) is 27.1. The molecule has 354 valence electrons. The number of benzene rings is 12. The molecule has 1 aromatic heterocycles. The van der Waals surface area contributed by atoms with Crippen molar-refractivity contribution in [3.8, 4) is 66.8 Å². The molecule has 2 heterocycles. The van der Waals surface area contributed by atoms with Crippen LogP contribution in [0.5, 0.6) is 0 Å². The van der Waals surface area contributed by atoms with Gasteiger partial charge in [-0.25, -0.2) is 0 Å². The number of anilines is 6. The van der Waals surface area contributed by atoms with Crippen molar-refractivity contribution in [3.05, 3.63) is 301 Å². The van der Waals surface area contributed by atoms with E-state index >= 15 is 0 Å². The standard InChI is InChI=1S/C73H46N2S/c1-3-21-47(22-4-1)51-25-11-17-35-66(51)74(49-39-41-54-56-29-12-18-36-67(56)75(48-23-5-2-6-24-48)68-37-19-13-30-57(68)60(54)45-49)50-40-42-64-61(46-50)53-27-8-7-26-52(53)55-28-9-15-33-62(55)73(64)63-34-16-10-31-58(63)71-65(73)43-44-70-72(71)59-32-14-20-38-69(59)76-70/h1-46H. The minimum Gasteiger partial charge on any atom is -0.310 e. The molecule has 0 fully saturated rings. The molecule has 2 aliphatic carbocycles. The summed E-state index contributed by atoms with van der Waals surface area (Å²) in [6.07, 6.45) is 0. The topological polar surface area (TPSA) is 6.48 Å². The van der Waals surface area contributed by atoms with Crippen molar-refractivity contribution in [2.75, 3.05) is 9.80 Å². The first kappa shape index (κ1) is 42.9. The van der Waals surface area contributed by atoms with E-state index in [0.29, 0.717) is 0 Å². The fraction of sp³-hybridized carbons (Fsp3) is 0.0137.